The van der Waals surface area contributed by atoms with Crippen molar-refractivity contribution in [2.75, 3.05) is 6.54 Å². The van der Waals surface area contributed by atoms with Gasteiger partial charge in [0.2, 0.25) is 0 Å². The average molecular weight is 271 g/mol. The predicted octanol–water partition coefficient (Wildman–Crippen LogP) is 2.95. The van der Waals surface area contributed by atoms with Crippen molar-refractivity contribution in [1.29, 1.82) is 0 Å². The Kier molecular flexibility index (Phi) is 3.72. The second kappa shape index (κ2) is 5.65. The number of amides is 1. The smallest absolute Gasteiger partial charge is 0.253 e. The third-order valence-corrected chi connectivity index (χ3v) is 4.14. The highest BCUT2D eigenvalue weighted by atomic mass is 16.1. The lowest BCUT2D eigenvalue weighted by atomic mass is 9.89. The lowest BCUT2D eigenvalue weighted by Gasteiger charge is -2.21. The van der Waals surface area contributed by atoms with Crippen molar-refractivity contribution in [3.8, 4) is 0 Å². The zero-order valence-corrected chi connectivity index (χ0v) is 11.9. The maximum absolute atomic E-state index is 12.4. The van der Waals surface area contributed by atoms with Gasteiger partial charge in [0.1, 0.15) is 0 Å². The molecule has 1 amide bonds. The van der Waals surface area contributed by atoms with Gasteiger partial charge in [0.05, 0.1) is 16.8 Å². The van der Waals surface area contributed by atoms with Crippen molar-refractivity contribution < 1.29 is 4.79 Å². The molecule has 1 saturated carbocycles. The molecule has 1 N–H and O–H groups in total. The number of carbonyl (C=O) groups is 1. The van der Waals surface area contributed by atoms with E-state index in [2.05, 4.69) is 10.4 Å². The van der Waals surface area contributed by atoms with Crippen molar-refractivity contribution in [3.63, 3.8) is 0 Å². The van der Waals surface area contributed by atoms with E-state index in [0.29, 0.717) is 11.5 Å². The minimum absolute atomic E-state index is 0.0149. The van der Waals surface area contributed by atoms with E-state index in [0.717, 1.165) is 17.8 Å². The number of rotatable bonds is 3. The minimum Gasteiger partial charge on any atom is -0.352 e. The molecule has 0 saturated heterocycles. The molecule has 4 heteroatoms. The number of aryl methyl sites for hydroxylation is 1. The second-order valence-corrected chi connectivity index (χ2v) is 5.75. The summed E-state index contributed by atoms with van der Waals surface area (Å²) < 4.78 is 1.77. The summed E-state index contributed by atoms with van der Waals surface area (Å²) in [6, 6.07) is 5.69. The number of fused-ring (bicyclic) bond motifs is 1. The largest absolute Gasteiger partial charge is 0.352 e. The van der Waals surface area contributed by atoms with Gasteiger partial charge in [0.15, 0.2) is 0 Å². The van der Waals surface area contributed by atoms with Crippen LogP contribution in [-0.2, 0) is 0 Å². The third-order valence-electron chi connectivity index (χ3n) is 4.14. The van der Waals surface area contributed by atoms with E-state index in [1.807, 2.05) is 31.3 Å². The van der Waals surface area contributed by atoms with Gasteiger partial charge in [-0.05, 0) is 43.9 Å². The Morgan fingerprint density at radius 3 is 3.00 bits per heavy atom. The zero-order chi connectivity index (χ0) is 13.9. The van der Waals surface area contributed by atoms with Crippen LogP contribution in [0.5, 0.6) is 0 Å². The van der Waals surface area contributed by atoms with E-state index < -0.39 is 0 Å². The summed E-state index contributed by atoms with van der Waals surface area (Å²) >= 11 is 0. The quantitative estimate of drug-likeness (QED) is 0.933. The Bertz CT molecular complexity index is 611. The molecule has 1 aliphatic rings. The lowest BCUT2D eigenvalue weighted by Crippen LogP contribution is -2.30. The number of hydrogen-bond acceptors (Lipinski definition) is 2. The van der Waals surface area contributed by atoms with E-state index in [4.69, 9.17) is 0 Å². The van der Waals surface area contributed by atoms with Gasteiger partial charge >= 0.3 is 0 Å². The number of carbonyl (C=O) groups excluding carboxylic acids is 1. The van der Waals surface area contributed by atoms with Crippen LogP contribution in [0.15, 0.2) is 24.4 Å². The van der Waals surface area contributed by atoms with Crippen molar-refractivity contribution in [2.24, 2.45) is 5.92 Å². The molecule has 0 radical (unpaired) electrons. The lowest BCUT2D eigenvalue weighted by molar-refractivity contribution is 0.0945. The summed E-state index contributed by atoms with van der Waals surface area (Å²) in [5, 5.41) is 7.43. The van der Waals surface area contributed by atoms with E-state index in [1.54, 1.807) is 4.52 Å². The number of aromatic nitrogens is 2. The van der Waals surface area contributed by atoms with Gasteiger partial charge < -0.3 is 5.32 Å². The van der Waals surface area contributed by atoms with Crippen LogP contribution in [0.1, 0.15) is 48.2 Å². The van der Waals surface area contributed by atoms with Gasteiger partial charge in [-0.2, -0.15) is 5.10 Å². The Hall–Kier alpha value is -1.84. The fourth-order valence-corrected chi connectivity index (χ4v) is 3.05. The second-order valence-electron chi connectivity index (χ2n) is 5.75. The van der Waals surface area contributed by atoms with Crippen LogP contribution < -0.4 is 5.32 Å². The molecule has 0 spiro atoms. The normalized spacial score (nSPS) is 16.4. The maximum Gasteiger partial charge on any atom is 0.253 e. The molecule has 20 heavy (non-hydrogen) atoms. The molecule has 3 rings (SSSR count). The van der Waals surface area contributed by atoms with Gasteiger partial charge in [-0.3, -0.25) is 4.79 Å². The number of hydrogen-bond donors (Lipinski definition) is 1. The highest BCUT2D eigenvalue weighted by Crippen LogP contribution is 2.23. The topological polar surface area (TPSA) is 46.4 Å². The first kappa shape index (κ1) is 13.2. The Morgan fingerprint density at radius 1 is 1.40 bits per heavy atom. The van der Waals surface area contributed by atoms with Crippen LogP contribution in [0.2, 0.25) is 0 Å². The monoisotopic (exact) mass is 271 g/mol. The number of nitrogens with one attached hydrogen (secondary N) is 1. The zero-order valence-electron chi connectivity index (χ0n) is 11.9. The highest BCUT2D eigenvalue weighted by molar-refractivity contribution is 6.00. The molecule has 106 valence electrons. The number of nitrogens with zero attached hydrogens (tertiary/aromatic N) is 2. The van der Waals surface area contributed by atoms with E-state index in [9.17, 15) is 4.79 Å². The Labute approximate surface area is 119 Å². The van der Waals surface area contributed by atoms with Crippen molar-refractivity contribution in [2.45, 2.75) is 39.0 Å². The van der Waals surface area contributed by atoms with Crippen LogP contribution in [0, 0.1) is 12.8 Å². The summed E-state index contributed by atoms with van der Waals surface area (Å²) in [6.07, 6.45) is 8.32. The predicted molar refractivity (Wildman–Crippen MR) is 78.8 cm³/mol. The molecule has 0 atom stereocenters. The average Bonchev–Trinajstić information content (AvgIpc) is 2.85. The Balaban J connectivity index is 1.71. The molecule has 1 aliphatic carbocycles. The van der Waals surface area contributed by atoms with E-state index >= 15 is 0 Å². The molecule has 2 aromatic rings. The molecule has 1 fully saturated rings. The first-order valence-corrected chi connectivity index (χ1v) is 7.47. The SMILES string of the molecule is Cc1cc2c(C(=O)NCC3CCCCC3)cccn2n1. The van der Waals surface area contributed by atoms with Gasteiger partial charge in [-0.1, -0.05) is 19.3 Å². The van der Waals surface area contributed by atoms with Crippen LogP contribution in [0.4, 0.5) is 0 Å². The van der Waals surface area contributed by atoms with Gasteiger partial charge in [-0.25, -0.2) is 4.52 Å². The highest BCUT2D eigenvalue weighted by Gasteiger charge is 2.16. The summed E-state index contributed by atoms with van der Waals surface area (Å²) in [5.41, 5.74) is 2.52. The van der Waals surface area contributed by atoms with Crippen LogP contribution >= 0.6 is 0 Å². The first-order chi connectivity index (χ1) is 9.74. The fourth-order valence-electron chi connectivity index (χ4n) is 3.05. The van der Waals surface area contributed by atoms with E-state index in [-0.39, 0.29) is 5.91 Å². The molecule has 0 bridgehead atoms. The summed E-state index contributed by atoms with van der Waals surface area (Å²) in [5.74, 6) is 0.667. The van der Waals surface area contributed by atoms with Crippen LogP contribution in [0.25, 0.3) is 5.52 Å². The van der Waals surface area contributed by atoms with E-state index in [1.165, 1.54) is 32.1 Å². The van der Waals surface area contributed by atoms with Crippen LogP contribution in [-0.4, -0.2) is 22.1 Å². The van der Waals surface area contributed by atoms with Crippen molar-refractivity contribution in [1.82, 2.24) is 14.9 Å². The summed E-state index contributed by atoms with van der Waals surface area (Å²) in [6.45, 7) is 2.74. The molecule has 2 aromatic heterocycles. The minimum atomic E-state index is 0.0149. The van der Waals surface area contributed by atoms with Gasteiger partial charge in [0, 0.05) is 12.7 Å². The van der Waals surface area contributed by atoms with Gasteiger partial charge in [0.25, 0.3) is 5.91 Å². The molecule has 4 nitrogen and oxygen atoms in total. The summed E-state index contributed by atoms with van der Waals surface area (Å²) in [4.78, 5) is 12.4. The first-order valence-electron chi connectivity index (χ1n) is 7.47. The molecule has 0 aliphatic heterocycles. The van der Waals surface area contributed by atoms with Crippen LogP contribution in [0.3, 0.4) is 0 Å². The molecule has 0 aromatic carbocycles. The molecular formula is C16H21N3O. The molecule has 2 heterocycles. The summed E-state index contributed by atoms with van der Waals surface area (Å²) in [7, 11) is 0. The maximum atomic E-state index is 12.4. The fraction of sp³-hybridized carbons (Fsp3) is 0.500. The molecular weight excluding hydrogens is 250 g/mol. The Morgan fingerprint density at radius 2 is 2.20 bits per heavy atom. The number of pyridine rings is 1. The van der Waals surface area contributed by atoms with Crippen molar-refractivity contribution in [3.05, 3.63) is 35.7 Å². The third kappa shape index (κ3) is 2.69. The van der Waals surface area contributed by atoms with Crippen molar-refractivity contribution >= 4 is 11.4 Å². The standard InChI is InChI=1S/C16H21N3O/c1-12-10-15-14(8-5-9-19(15)18-12)16(20)17-11-13-6-3-2-4-7-13/h5,8-10,13H,2-4,6-7,11H2,1H3,(H,17,20). The van der Waals surface area contributed by atoms with Gasteiger partial charge in [-0.15, -0.1) is 0 Å². The molecule has 0 unspecified atom stereocenters.